The highest BCUT2D eigenvalue weighted by atomic mass is 32.1. The molecule has 1 aromatic carbocycles. The van der Waals surface area contributed by atoms with Crippen LogP contribution in [-0.4, -0.2) is 18.3 Å². The van der Waals surface area contributed by atoms with Crippen LogP contribution >= 0.6 is 11.3 Å². The van der Waals surface area contributed by atoms with Gasteiger partial charge < -0.3 is 15.2 Å². The van der Waals surface area contributed by atoms with Crippen molar-refractivity contribution in [3.8, 4) is 5.75 Å². The van der Waals surface area contributed by atoms with Crippen molar-refractivity contribution in [2.75, 3.05) is 18.5 Å². The topological polar surface area (TPSA) is 41.5 Å². The van der Waals surface area contributed by atoms with E-state index in [0.29, 0.717) is 13.2 Å². The van der Waals surface area contributed by atoms with E-state index in [4.69, 9.17) is 4.74 Å². The van der Waals surface area contributed by atoms with Crippen LogP contribution < -0.4 is 10.1 Å². The summed E-state index contributed by atoms with van der Waals surface area (Å²) in [7, 11) is 0. The summed E-state index contributed by atoms with van der Waals surface area (Å²) in [5.41, 5.74) is 0.955. The van der Waals surface area contributed by atoms with E-state index in [1.54, 1.807) is 11.3 Å². The Labute approximate surface area is 111 Å². The lowest BCUT2D eigenvalue weighted by atomic mass is 10.2. The molecule has 1 aromatic heterocycles. The first-order valence-electron chi connectivity index (χ1n) is 5.98. The van der Waals surface area contributed by atoms with Gasteiger partial charge in [-0.25, -0.2) is 0 Å². The second kappa shape index (κ2) is 6.42. The van der Waals surface area contributed by atoms with Crippen LogP contribution in [0.4, 0.5) is 5.69 Å². The van der Waals surface area contributed by atoms with Crippen molar-refractivity contribution >= 4 is 17.0 Å². The van der Waals surface area contributed by atoms with Crippen LogP contribution in [0.1, 0.15) is 17.9 Å². The molecule has 1 unspecified atom stereocenters. The quantitative estimate of drug-likeness (QED) is 0.840. The lowest BCUT2D eigenvalue weighted by Gasteiger charge is -2.12. The Morgan fingerprint density at radius 1 is 1.33 bits per heavy atom. The fraction of sp³-hybridized carbons (Fsp3) is 0.286. The molecule has 3 nitrogen and oxygen atoms in total. The number of aliphatic hydroxyl groups is 1. The Morgan fingerprint density at radius 2 is 2.22 bits per heavy atom. The first kappa shape index (κ1) is 12.9. The van der Waals surface area contributed by atoms with Gasteiger partial charge in [0, 0.05) is 23.2 Å². The SMILES string of the molecule is CCOc1cccc(NCC(O)c2cccs2)c1. The summed E-state index contributed by atoms with van der Waals surface area (Å²) in [6.45, 7) is 3.11. The van der Waals surface area contributed by atoms with Crippen molar-refractivity contribution in [1.29, 1.82) is 0 Å². The summed E-state index contributed by atoms with van der Waals surface area (Å²) in [4.78, 5) is 0.975. The minimum absolute atomic E-state index is 0.472. The van der Waals surface area contributed by atoms with Crippen molar-refractivity contribution in [3.63, 3.8) is 0 Å². The van der Waals surface area contributed by atoms with Crippen LogP contribution in [0.3, 0.4) is 0 Å². The van der Waals surface area contributed by atoms with Gasteiger partial charge in [-0.05, 0) is 30.5 Å². The molecule has 18 heavy (non-hydrogen) atoms. The highest BCUT2D eigenvalue weighted by molar-refractivity contribution is 7.10. The molecule has 1 atom stereocenters. The van der Waals surface area contributed by atoms with Crippen LogP contribution in [0, 0.1) is 0 Å². The van der Waals surface area contributed by atoms with Gasteiger partial charge in [0.1, 0.15) is 11.9 Å². The molecule has 2 rings (SSSR count). The van der Waals surface area contributed by atoms with Crippen LogP contribution in [0.25, 0.3) is 0 Å². The summed E-state index contributed by atoms with van der Waals surface area (Å²) < 4.78 is 5.43. The number of benzene rings is 1. The predicted molar refractivity (Wildman–Crippen MR) is 75.4 cm³/mol. The summed E-state index contributed by atoms with van der Waals surface area (Å²) in [5.74, 6) is 0.841. The minimum atomic E-state index is -0.472. The smallest absolute Gasteiger partial charge is 0.121 e. The Kier molecular flexibility index (Phi) is 4.61. The van der Waals surface area contributed by atoms with Gasteiger partial charge in [-0.2, -0.15) is 0 Å². The number of rotatable bonds is 6. The molecular formula is C14H17NO2S. The maximum atomic E-state index is 9.96. The second-order valence-electron chi connectivity index (χ2n) is 3.87. The summed E-state index contributed by atoms with van der Waals surface area (Å²) >= 11 is 1.56. The monoisotopic (exact) mass is 263 g/mol. The van der Waals surface area contributed by atoms with E-state index in [1.807, 2.05) is 48.7 Å². The lowest BCUT2D eigenvalue weighted by molar-refractivity contribution is 0.195. The number of ether oxygens (including phenoxy) is 1. The van der Waals surface area contributed by atoms with Gasteiger partial charge in [0.2, 0.25) is 0 Å². The van der Waals surface area contributed by atoms with Gasteiger partial charge in [0.15, 0.2) is 0 Å². The number of hydrogen-bond acceptors (Lipinski definition) is 4. The highest BCUT2D eigenvalue weighted by Crippen LogP contribution is 2.21. The first-order chi connectivity index (χ1) is 8.79. The molecule has 1 heterocycles. The number of nitrogens with one attached hydrogen (secondary N) is 1. The van der Waals surface area contributed by atoms with Crippen molar-refractivity contribution < 1.29 is 9.84 Å². The summed E-state index contributed by atoms with van der Waals surface area (Å²) in [5, 5.41) is 15.1. The Morgan fingerprint density at radius 3 is 2.94 bits per heavy atom. The molecule has 96 valence electrons. The highest BCUT2D eigenvalue weighted by Gasteiger charge is 2.07. The molecular weight excluding hydrogens is 246 g/mol. The largest absolute Gasteiger partial charge is 0.494 e. The molecule has 4 heteroatoms. The molecule has 0 saturated heterocycles. The predicted octanol–water partition coefficient (Wildman–Crippen LogP) is 3.29. The number of anilines is 1. The molecule has 0 saturated carbocycles. The van der Waals surface area contributed by atoms with E-state index in [0.717, 1.165) is 16.3 Å². The summed E-state index contributed by atoms with van der Waals surface area (Å²) in [6, 6.07) is 11.6. The maximum absolute atomic E-state index is 9.96. The standard InChI is InChI=1S/C14H17NO2S/c1-2-17-12-6-3-5-11(9-12)15-10-13(16)14-7-4-8-18-14/h3-9,13,15-16H,2,10H2,1H3. The zero-order valence-electron chi connectivity index (χ0n) is 10.3. The molecule has 2 N–H and O–H groups in total. The zero-order valence-corrected chi connectivity index (χ0v) is 11.1. The fourth-order valence-electron chi connectivity index (χ4n) is 1.66. The molecule has 0 aliphatic rings. The third kappa shape index (κ3) is 3.48. The number of hydrogen-bond donors (Lipinski definition) is 2. The van der Waals surface area contributed by atoms with E-state index in [9.17, 15) is 5.11 Å². The van der Waals surface area contributed by atoms with E-state index < -0.39 is 6.10 Å². The zero-order chi connectivity index (χ0) is 12.8. The van der Waals surface area contributed by atoms with Crippen molar-refractivity contribution in [2.24, 2.45) is 0 Å². The molecule has 0 spiro atoms. The summed E-state index contributed by atoms with van der Waals surface area (Å²) in [6.07, 6.45) is -0.472. The van der Waals surface area contributed by atoms with E-state index in [-0.39, 0.29) is 0 Å². The Bertz CT molecular complexity index is 470. The average molecular weight is 263 g/mol. The first-order valence-corrected chi connectivity index (χ1v) is 6.85. The third-order valence-corrected chi connectivity index (χ3v) is 3.49. The van der Waals surface area contributed by atoms with E-state index in [1.165, 1.54) is 0 Å². The fourth-order valence-corrected chi connectivity index (χ4v) is 2.37. The average Bonchev–Trinajstić information content (AvgIpc) is 2.91. The lowest BCUT2D eigenvalue weighted by Crippen LogP contribution is -2.10. The molecule has 0 aliphatic heterocycles. The third-order valence-electron chi connectivity index (χ3n) is 2.52. The van der Waals surface area contributed by atoms with E-state index >= 15 is 0 Å². The molecule has 2 aromatic rings. The van der Waals surface area contributed by atoms with Crippen LogP contribution in [0.2, 0.25) is 0 Å². The molecule has 0 fully saturated rings. The van der Waals surface area contributed by atoms with Crippen molar-refractivity contribution in [2.45, 2.75) is 13.0 Å². The second-order valence-corrected chi connectivity index (χ2v) is 4.85. The Balaban J connectivity index is 1.91. The van der Waals surface area contributed by atoms with Crippen LogP contribution in [0.15, 0.2) is 41.8 Å². The maximum Gasteiger partial charge on any atom is 0.121 e. The molecule has 0 radical (unpaired) electrons. The van der Waals surface area contributed by atoms with Gasteiger partial charge >= 0.3 is 0 Å². The van der Waals surface area contributed by atoms with Gasteiger partial charge in [-0.1, -0.05) is 12.1 Å². The van der Waals surface area contributed by atoms with Crippen LogP contribution in [0.5, 0.6) is 5.75 Å². The van der Waals surface area contributed by atoms with Gasteiger partial charge in [0.25, 0.3) is 0 Å². The van der Waals surface area contributed by atoms with Crippen molar-refractivity contribution in [3.05, 3.63) is 46.7 Å². The Hall–Kier alpha value is -1.52. The molecule has 0 aliphatic carbocycles. The molecule has 0 bridgehead atoms. The molecule has 0 amide bonds. The van der Waals surface area contributed by atoms with Crippen LogP contribution in [-0.2, 0) is 0 Å². The minimum Gasteiger partial charge on any atom is -0.494 e. The van der Waals surface area contributed by atoms with Gasteiger partial charge in [0.05, 0.1) is 6.61 Å². The van der Waals surface area contributed by atoms with Gasteiger partial charge in [-0.15, -0.1) is 11.3 Å². The van der Waals surface area contributed by atoms with E-state index in [2.05, 4.69) is 5.32 Å². The normalized spacial score (nSPS) is 12.1. The van der Waals surface area contributed by atoms with Gasteiger partial charge in [-0.3, -0.25) is 0 Å². The number of aliphatic hydroxyl groups excluding tert-OH is 1. The number of thiophene rings is 1. The van der Waals surface area contributed by atoms with Crippen molar-refractivity contribution in [1.82, 2.24) is 0 Å².